The molecule has 0 radical (unpaired) electrons. The molecule has 0 N–H and O–H groups in total. The monoisotopic (exact) mass is 315 g/mol. The summed E-state index contributed by atoms with van der Waals surface area (Å²) in [5.74, 6) is 0. The Morgan fingerprint density at radius 2 is 2.18 bits per heavy atom. The van der Waals surface area contributed by atoms with Crippen LogP contribution < -0.4 is 0 Å². The molecular formula is C14H19BrClN. The average molecular weight is 317 g/mol. The van der Waals surface area contributed by atoms with Crippen molar-refractivity contribution in [2.24, 2.45) is 5.41 Å². The van der Waals surface area contributed by atoms with Crippen LogP contribution in [0.25, 0.3) is 0 Å². The number of hydrogen-bond acceptors (Lipinski definition) is 1. The highest BCUT2D eigenvalue weighted by atomic mass is 79.9. The van der Waals surface area contributed by atoms with E-state index in [1.807, 2.05) is 12.1 Å². The van der Waals surface area contributed by atoms with Crippen molar-refractivity contribution < 1.29 is 0 Å². The summed E-state index contributed by atoms with van der Waals surface area (Å²) in [4.78, 5) is 2.43. The minimum absolute atomic E-state index is 0.422. The number of benzene rings is 1. The molecule has 17 heavy (non-hydrogen) atoms. The van der Waals surface area contributed by atoms with Gasteiger partial charge in [0.05, 0.1) is 0 Å². The van der Waals surface area contributed by atoms with Gasteiger partial charge in [-0.25, -0.2) is 0 Å². The van der Waals surface area contributed by atoms with E-state index >= 15 is 0 Å². The zero-order valence-electron chi connectivity index (χ0n) is 10.4. The van der Waals surface area contributed by atoms with Crippen LogP contribution in [0.3, 0.4) is 0 Å². The van der Waals surface area contributed by atoms with E-state index in [0.29, 0.717) is 11.5 Å². The third-order valence-electron chi connectivity index (χ3n) is 3.82. The van der Waals surface area contributed by atoms with Gasteiger partial charge in [0, 0.05) is 22.9 Å². The van der Waals surface area contributed by atoms with E-state index in [1.165, 1.54) is 18.4 Å². The summed E-state index contributed by atoms with van der Waals surface area (Å²) in [6.45, 7) is 3.40. The summed E-state index contributed by atoms with van der Waals surface area (Å²) < 4.78 is 0. The molecule has 1 saturated carbocycles. The second kappa shape index (κ2) is 5.29. The molecule has 1 fully saturated rings. The van der Waals surface area contributed by atoms with Gasteiger partial charge in [-0.1, -0.05) is 39.7 Å². The van der Waals surface area contributed by atoms with Crippen LogP contribution in [-0.4, -0.2) is 23.8 Å². The second-order valence-corrected chi connectivity index (χ2v) is 6.28. The van der Waals surface area contributed by atoms with E-state index in [1.54, 1.807) is 0 Å². The van der Waals surface area contributed by atoms with Crippen LogP contribution in [-0.2, 0) is 0 Å². The molecular weight excluding hydrogens is 298 g/mol. The van der Waals surface area contributed by atoms with Crippen molar-refractivity contribution in [1.82, 2.24) is 4.90 Å². The van der Waals surface area contributed by atoms with Gasteiger partial charge in [0.25, 0.3) is 0 Å². The lowest BCUT2D eigenvalue weighted by Gasteiger charge is -2.28. The first-order valence-electron chi connectivity index (χ1n) is 6.08. The van der Waals surface area contributed by atoms with Crippen molar-refractivity contribution in [1.29, 1.82) is 0 Å². The molecule has 1 atom stereocenters. The van der Waals surface area contributed by atoms with E-state index in [2.05, 4.69) is 46.9 Å². The highest BCUT2D eigenvalue weighted by Gasteiger charge is 2.42. The number of rotatable bonds is 5. The first kappa shape index (κ1) is 13.4. The van der Waals surface area contributed by atoms with Gasteiger partial charge in [-0.05, 0) is 49.9 Å². The third-order valence-corrected chi connectivity index (χ3v) is 5.24. The molecule has 1 aromatic rings. The summed E-state index contributed by atoms with van der Waals surface area (Å²) in [6, 6.07) is 8.60. The SMILES string of the molecule is CC(c1cccc(Cl)c1)N(C)CC1(CBr)CC1. The van der Waals surface area contributed by atoms with Gasteiger partial charge >= 0.3 is 0 Å². The van der Waals surface area contributed by atoms with Crippen LogP contribution >= 0.6 is 27.5 Å². The lowest BCUT2D eigenvalue weighted by atomic mass is 10.0. The summed E-state index contributed by atoms with van der Waals surface area (Å²) in [5, 5.41) is 1.94. The van der Waals surface area contributed by atoms with E-state index in [0.717, 1.165) is 16.9 Å². The first-order valence-corrected chi connectivity index (χ1v) is 7.58. The summed E-state index contributed by atoms with van der Waals surface area (Å²) in [7, 11) is 2.20. The zero-order chi connectivity index (χ0) is 12.5. The Kier molecular flexibility index (Phi) is 4.17. The van der Waals surface area contributed by atoms with Gasteiger partial charge in [-0.3, -0.25) is 4.90 Å². The molecule has 1 unspecified atom stereocenters. The smallest absolute Gasteiger partial charge is 0.0409 e. The fourth-order valence-corrected chi connectivity index (χ4v) is 3.13. The van der Waals surface area contributed by atoms with Crippen LogP contribution in [0, 0.1) is 5.41 Å². The molecule has 1 aliphatic rings. The van der Waals surface area contributed by atoms with Crippen molar-refractivity contribution in [3.8, 4) is 0 Å². The Balaban J connectivity index is 2.02. The predicted molar refractivity (Wildman–Crippen MR) is 78.0 cm³/mol. The van der Waals surface area contributed by atoms with Crippen LogP contribution in [0.2, 0.25) is 5.02 Å². The van der Waals surface area contributed by atoms with Crippen LogP contribution in [0.4, 0.5) is 0 Å². The quantitative estimate of drug-likeness (QED) is 0.723. The second-order valence-electron chi connectivity index (χ2n) is 5.28. The number of halogens is 2. The zero-order valence-corrected chi connectivity index (χ0v) is 12.8. The lowest BCUT2D eigenvalue weighted by molar-refractivity contribution is 0.220. The molecule has 1 aliphatic carbocycles. The fraction of sp³-hybridized carbons (Fsp3) is 0.571. The van der Waals surface area contributed by atoms with E-state index in [-0.39, 0.29) is 0 Å². The first-order chi connectivity index (χ1) is 8.06. The maximum absolute atomic E-state index is 6.04. The van der Waals surface area contributed by atoms with Crippen molar-refractivity contribution in [2.75, 3.05) is 18.9 Å². The molecule has 0 aromatic heterocycles. The highest BCUT2D eigenvalue weighted by Crippen LogP contribution is 2.48. The standard InChI is InChI=1S/C14H19BrClN/c1-11(12-4-3-5-13(16)8-12)17(2)10-14(9-15)6-7-14/h3-5,8,11H,6-7,9-10H2,1-2H3. The Morgan fingerprint density at radius 1 is 1.47 bits per heavy atom. The van der Waals surface area contributed by atoms with E-state index in [4.69, 9.17) is 11.6 Å². The molecule has 0 bridgehead atoms. The Bertz CT molecular complexity index is 390. The molecule has 0 amide bonds. The minimum Gasteiger partial charge on any atom is -0.299 e. The Hall–Kier alpha value is -0.0500. The van der Waals surface area contributed by atoms with Crippen LogP contribution in [0.15, 0.2) is 24.3 Å². The third kappa shape index (κ3) is 3.24. The Labute approximate surface area is 117 Å². The largest absolute Gasteiger partial charge is 0.299 e. The number of nitrogens with zero attached hydrogens (tertiary/aromatic N) is 1. The lowest BCUT2D eigenvalue weighted by Crippen LogP contribution is -2.30. The van der Waals surface area contributed by atoms with Crippen molar-refractivity contribution in [3.63, 3.8) is 0 Å². The molecule has 1 nitrogen and oxygen atoms in total. The van der Waals surface area contributed by atoms with Crippen molar-refractivity contribution >= 4 is 27.5 Å². The van der Waals surface area contributed by atoms with Gasteiger partial charge in [0.15, 0.2) is 0 Å². The maximum Gasteiger partial charge on any atom is 0.0409 e. The predicted octanol–water partition coefficient (Wildman–Crippen LogP) is 4.51. The Morgan fingerprint density at radius 3 is 2.71 bits per heavy atom. The van der Waals surface area contributed by atoms with Crippen LogP contribution in [0.5, 0.6) is 0 Å². The van der Waals surface area contributed by atoms with Crippen molar-refractivity contribution in [2.45, 2.75) is 25.8 Å². The summed E-state index contributed by atoms with van der Waals surface area (Å²) in [6.07, 6.45) is 2.70. The molecule has 0 heterocycles. The fourth-order valence-electron chi connectivity index (χ4n) is 2.20. The van der Waals surface area contributed by atoms with E-state index < -0.39 is 0 Å². The minimum atomic E-state index is 0.422. The van der Waals surface area contributed by atoms with Gasteiger partial charge in [0.2, 0.25) is 0 Å². The average Bonchev–Trinajstić information content (AvgIpc) is 3.08. The summed E-state index contributed by atoms with van der Waals surface area (Å²) in [5.41, 5.74) is 1.83. The van der Waals surface area contributed by atoms with Crippen molar-refractivity contribution in [3.05, 3.63) is 34.9 Å². The van der Waals surface area contributed by atoms with Gasteiger partial charge in [-0.2, -0.15) is 0 Å². The molecule has 0 aliphatic heterocycles. The van der Waals surface area contributed by atoms with E-state index in [9.17, 15) is 0 Å². The van der Waals surface area contributed by atoms with Crippen LogP contribution in [0.1, 0.15) is 31.4 Å². The molecule has 0 spiro atoms. The van der Waals surface area contributed by atoms with Gasteiger partial charge in [-0.15, -0.1) is 0 Å². The number of alkyl halides is 1. The normalized spacial score (nSPS) is 19.4. The summed E-state index contributed by atoms with van der Waals surface area (Å²) >= 11 is 9.67. The molecule has 94 valence electrons. The number of hydrogen-bond donors (Lipinski definition) is 0. The highest BCUT2D eigenvalue weighted by molar-refractivity contribution is 9.09. The van der Waals surface area contributed by atoms with Gasteiger partial charge in [0.1, 0.15) is 0 Å². The maximum atomic E-state index is 6.04. The molecule has 0 saturated heterocycles. The topological polar surface area (TPSA) is 3.24 Å². The molecule has 2 rings (SSSR count). The van der Waals surface area contributed by atoms with Gasteiger partial charge < -0.3 is 0 Å². The molecule has 3 heteroatoms. The molecule has 1 aromatic carbocycles.